The van der Waals surface area contributed by atoms with Gasteiger partial charge in [0.2, 0.25) is 17.6 Å². The van der Waals surface area contributed by atoms with E-state index in [1.165, 1.54) is 0 Å². The average Bonchev–Trinajstić information content (AvgIpc) is 3.24. The van der Waals surface area contributed by atoms with Crippen LogP contribution in [0.3, 0.4) is 0 Å². The Bertz CT molecular complexity index is 1010. The van der Waals surface area contributed by atoms with Gasteiger partial charge < -0.3 is 18.9 Å². The summed E-state index contributed by atoms with van der Waals surface area (Å²) in [5.74, 6) is 2.59. The van der Waals surface area contributed by atoms with Crippen molar-refractivity contribution in [2.45, 2.75) is 32.2 Å². The first kappa shape index (κ1) is 20.9. The van der Waals surface area contributed by atoms with E-state index in [9.17, 15) is 4.79 Å². The number of methoxy groups -OCH3 is 2. The third-order valence-corrected chi connectivity index (χ3v) is 5.69. The van der Waals surface area contributed by atoms with Crippen LogP contribution in [0, 0.1) is 5.92 Å². The van der Waals surface area contributed by atoms with Gasteiger partial charge in [-0.2, -0.15) is 4.98 Å². The molecular weight excluding hydrogens is 394 g/mol. The molecule has 0 atom stereocenters. The Morgan fingerprint density at radius 1 is 1.10 bits per heavy atom. The van der Waals surface area contributed by atoms with Crippen LogP contribution in [0.15, 0.2) is 53.1 Å². The molecular formula is C24H27N3O4. The summed E-state index contributed by atoms with van der Waals surface area (Å²) in [6, 6.07) is 15.5. The van der Waals surface area contributed by atoms with Crippen molar-refractivity contribution in [2.24, 2.45) is 5.92 Å². The van der Waals surface area contributed by atoms with Crippen molar-refractivity contribution in [3.63, 3.8) is 0 Å². The maximum Gasteiger partial charge on any atom is 0.228 e. The largest absolute Gasteiger partial charge is 0.493 e. The standard InChI is InChI=1S/C24H27N3O4/c1-29-20-12-11-19(15-21(20)30-2)23-25-22(31-26-23)13-14-27(24(28)18-9-6-10-18)16-17-7-4-3-5-8-17/h3-5,7-8,11-12,15,18H,6,9-10,13-14,16H2,1-2H3. The Morgan fingerprint density at radius 2 is 1.87 bits per heavy atom. The lowest BCUT2D eigenvalue weighted by molar-refractivity contribution is -0.138. The average molecular weight is 421 g/mol. The molecule has 1 fully saturated rings. The number of carbonyl (C=O) groups excluding carboxylic acids is 1. The van der Waals surface area contributed by atoms with Crippen molar-refractivity contribution in [3.8, 4) is 22.9 Å². The number of aromatic nitrogens is 2. The van der Waals surface area contributed by atoms with Crippen molar-refractivity contribution >= 4 is 5.91 Å². The summed E-state index contributed by atoms with van der Waals surface area (Å²) in [4.78, 5) is 19.4. The number of benzene rings is 2. The molecule has 1 aromatic heterocycles. The molecule has 7 heteroatoms. The van der Waals surface area contributed by atoms with Crippen LogP contribution in [0.4, 0.5) is 0 Å². The van der Waals surface area contributed by atoms with Crippen LogP contribution in [-0.2, 0) is 17.8 Å². The minimum Gasteiger partial charge on any atom is -0.493 e. The Labute approximate surface area is 182 Å². The van der Waals surface area contributed by atoms with Gasteiger partial charge in [0.05, 0.1) is 14.2 Å². The van der Waals surface area contributed by atoms with Crippen molar-refractivity contribution in [3.05, 3.63) is 60.0 Å². The minimum absolute atomic E-state index is 0.147. The van der Waals surface area contributed by atoms with Crippen molar-refractivity contribution in [1.82, 2.24) is 15.0 Å². The van der Waals surface area contributed by atoms with Gasteiger partial charge in [0.15, 0.2) is 11.5 Å². The molecule has 2 aromatic carbocycles. The predicted octanol–water partition coefficient (Wildman–Crippen LogP) is 4.13. The molecule has 0 unspecified atom stereocenters. The quantitative estimate of drug-likeness (QED) is 0.517. The normalized spacial score (nSPS) is 13.5. The number of amides is 1. The molecule has 4 rings (SSSR count). The van der Waals surface area contributed by atoms with Crippen molar-refractivity contribution in [2.75, 3.05) is 20.8 Å². The van der Waals surface area contributed by atoms with E-state index in [1.807, 2.05) is 53.4 Å². The number of ether oxygens (including phenoxy) is 2. The smallest absolute Gasteiger partial charge is 0.228 e. The van der Waals surface area contributed by atoms with Crippen LogP contribution in [0.1, 0.15) is 30.7 Å². The minimum atomic E-state index is 0.147. The molecule has 1 aliphatic rings. The Morgan fingerprint density at radius 3 is 2.55 bits per heavy atom. The highest BCUT2D eigenvalue weighted by atomic mass is 16.5. The van der Waals surface area contributed by atoms with Crippen LogP contribution in [0.25, 0.3) is 11.4 Å². The van der Waals surface area contributed by atoms with Gasteiger partial charge in [0, 0.05) is 31.0 Å². The molecule has 0 spiro atoms. The lowest BCUT2D eigenvalue weighted by Gasteiger charge is -2.31. The van der Waals surface area contributed by atoms with Crippen LogP contribution >= 0.6 is 0 Å². The summed E-state index contributed by atoms with van der Waals surface area (Å²) in [5, 5.41) is 4.10. The van der Waals surface area contributed by atoms with E-state index in [4.69, 9.17) is 14.0 Å². The molecule has 0 radical (unpaired) electrons. The summed E-state index contributed by atoms with van der Waals surface area (Å²) in [6.07, 6.45) is 3.60. The second-order valence-corrected chi connectivity index (χ2v) is 7.70. The van der Waals surface area contributed by atoms with E-state index in [1.54, 1.807) is 14.2 Å². The Hall–Kier alpha value is -3.35. The topological polar surface area (TPSA) is 77.7 Å². The van der Waals surface area contributed by atoms with Crippen LogP contribution in [0.2, 0.25) is 0 Å². The van der Waals surface area contributed by atoms with Gasteiger partial charge in [-0.3, -0.25) is 4.79 Å². The fraction of sp³-hybridized carbons (Fsp3) is 0.375. The lowest BCUT2D eigenvalue weighted by atomic mass is 9.84. The summed E-state index contributed by atoms with van der Waals surface area (Å²) >= 11 is 0. The van der Waals surface area contributed by atoms with Gasteiger partial charge in [-0.1, -0.05) is 41.9 Å². The van der Waals surface area contributed by atoms with Crippen molar-refractivity contribution in [1.29, 1.82) is 0 Å². The van der Waals surface area contributed by atoms with Crippen LogP contribution < -0.4 is 9.47 Å². The summed E-state index contributed by atoms with van der Waals surface area (Å²) in [6.45, 7) is 1.13. The Kier molecular flexibility index (Phi) is 6.50. The maximum atomic E-state index is 12.9. The highest BCUT2D eigenvalue weighted by Crippen LogP contribution is 2.31. The molecule has 0 bridgehead atoms. The summed E-state index contributed by atoms with van der Waals surface area (Å²) < 4.78 is 16.1. The van der Waals surface area contributed by atoms with E-state index < -0.39 is 0 Å². The number of rotatable bonds is 9. The monoisotopic (exact) mass is 421 g/mol. The summed E-state index contributed by atoms with van der Waals surface area (Å²) in [5.41, 5.74) is 1.89. The molecule has 162 valence electrons. The predicted molar refractivity (Wildman–Crippen MR) is 116 cm³/mol. The van der Waals surface area contributed by atoms with E-state index in [-0.39, 0.29) is 11.8 Å². The highest BCUT2D eigenvalue weighted by molar-refractivity contribution is 5.79. The molecule has 0 saturated heterocycles. The third kappa shape index (κ3) is 4.87. The maximum absolute atomic E-state index is 12.9. The second-order valence-electron chi connectivity index (χ2n) is 7.70. The van der Waals surface area contributed by atoms with Gasteiger partial charge in [0.25, 0.3) is 0 Å². The zero-order valence-electron chi connectivity index (χ0n) is 17.9. The number of nitrogens with zero attached hydrogens (tertiary/aromatic N) is 3. The fourth-order valence-corrected chi connectivity index (χ4v) is 3.66. The molecule has 0 N–H and O–H groups in total. The molecule has 3 aromatic rings. The SMILES string of the molecule is COc1ccc(-c2noc(CCN(Cc3ccccc3)C(=O)C3CCC3)n2)cc1OC. The molecule has 31 heavy (non-hydrogen) atoms. The molecule has 1 aliphatic carbocycles. The van der Waals surface area contributed by atoms with E-state index >= 15 is 0 Å². The molecule has 1 amide bonds. The van der Waals surface area contributed by atoms with E-state index in [0.29, 0.717) is 42.7 Å². The zero-order chi connectivity index (χ0) is 21.6. The molecule has 7 nitrogen and oxygen atoms in total. The first-order valence-corrected chi connectivity index (χ1v) is 10.6. The van der Waals surface area contributed by atoms with Crippen LogP contribution in [-0.4, -0.2) is 41.7 Å². The first-order chi connectivity index (χ1) is 15.2. The molecule has 0 aliphatic heterocycles. The highest BCUT2D eigenvalue weighted by Gasteiger charge is 2.29. The zero-order valence-corrected chi connectivity index (χ0v) is 17.9. The number of hydrogen-bond acceptors (Lipinski definition) is 6. The lowest BCUT2D eigenvalue weighted by Crippen LogP contribution is -2.39. The van der Waals surface area contributed by atoms with Gasteiger partial charge in [0.1, 0.15) is 0 Å². The van der Waals surface area contributed by atoms with Gasteiger partial charge in [-0.15, -0.1) is 0 Å². The molecule has 1 saturated carbocycles. The fourth-order valence-electron chi connectivity index (χ4n) is 3.66. The van der Waals surface area contributed by atoms with Crippen molar-refractivity contribution < 1.29 is 18.8 Å². The molecule has 1 heterocycles. The Balaban J connectivity index is 1.45. The van der Waals surface area contributed by atoms with Gasteiger partial charge in [-0.25, -0.2) is 0 Å². The first-order valence-electron chi connectivity index (χ1n) is 10.6. The number of hydrogen-bond donors (Lipinski definition) is 0. The third-order valence-electron chi connectivity index (χ3n) is 5.69. The van der Waals surface area contributed by atoms with E-state index in [0.717, 1.165) is 30.4 Å². The number of carbonyl (C=O) groups is 1. The second kappa shape index (κ2) is 9.64. The summed E-state index contributed by atoms with van der Waals surface area (Å²) in [7, 11) is 3.18. The van der Waals surface area contributed by atoms with Gasteiger partial charge >= 0.3 is 0 Å². The van der Waals surface area contributed by atoms with Crippen LogP contribution in [0.5, 0.6) is 11.5 Å². The van der Waals surface area contributed by atoms with Gasteiger partial charge in [-0.05, 0) is 36.6 Å². The van der Waals surface area contributed by atoms with E-state index in [2.05, 4.69) is 10.1 Å².